The summed E-state index contributed by atoms with van der Waals surface area (Å²) in [5.41, 5.74) is 0.216. The van der Waals surface area contributed by atoms with E-state index in [4.69, 9.17) is 23.2 Å². The molecule has 0 amide bonds. The summed E-state index contributed by atoms with van der Waals surface area (Å²) in [5.74, 6) is -0.883. The molecule has 0 atom stereocenters. The molecule has 0 aromatic heterocycles. The topological polar surface area (TPSA) is 54.5 Å². The lowest BCUT2D eigenvalue weighted by molar-refractivity contribution is 0.0981. The summed E-state index contributed by atoms with van der Waals surface area (Å²) in [6, 6.07) is 7.43. The van der Waals surface area contributed by atoms with Crippen LogP contribution in [0.25, 0.3) is 0 Å². The van der Waals surface area contributed by atoms with Crippen molar-refractivity contribution in [3.05, 3.63) is 57.8 Å². The van der Waals surface area contributed by atoms with E-state index >= 15 is 0 Å². The second kappa shape index (κ2) is 5.78. The molecule has 1 heterocycles. The molecule has 0 aliphatic carbocycles. The van der Waals surface area contributed by atoms with Crippen molar-refractivity contribution in [2.45, 2.75) is 11.3 Å². The summed E-state index contributed by atoms with van der Waals surface area (Å²) in [6.45, 7) is -0.0138. The Morgan fingerprint density at radius 1 is 1.04 bits per heavy atom. The standard InChI is InChI=1S/C15H10Cl2FNO3S/c16-12-3-2-10(8-13(12)17)23(21,22)19-6-5-15(20)11-7-9(18)1-4-14(11)19/h1-4,7-8H,5-6H2. The number of rotatable bonds is 2. The lowest BCUT2D eigenvalue weighted by Crippen LogP contribution is -2.37. The van der Waals surface area contributed by atoms with Gasteiger partial charge in [-0.3, -0.25) is 9.10 Å². The molecule has 8 heteroatoms. The Balaban J connectivity index is 2.13. The molecule has 0 bridgehead atoms. The van der Waals surface area contributed by atoms with Gasteiger partial charge in [-0.05, 0) is 36.4 Å². The van der Waals surface area contributed by atoms with E-state index in [1.54, 1.807) is 0 Å². The molecule has 0 saturated carbocycles. The lowest BCUT2D eigenvalue weighted by atomic mass is 10.0. The predicted octanol–water partition coefficient (Wildman–Crippen LogP) is 3.91. The van der Waals surface area contributed by atoms with Gasteiger partial charge in [-0.15, -0.1) is 0 Å². The van der Waals surface area contributed by atoms with Crippen molar-refractivity contribution in [3.8, 4) is 0 Å². The molecule has 2 aromatic carbocycles. The normalized spacial score (nSPS) is 14.7. The van der Waals surface area contributed by atoms with Gasteiger partial charge in [-0.25, -0.2) is 12.8 Å². The Morgan fingerprint density at radius 2 is 1.78 bits per heavy atom. The molecule has 0 spiro atoms. The molecule has 4 nitrogen and oxygen atoms in total. The molecule has 0 fully saturated rings. The number of ketones is 1. The molecule has 23 heavy (non-hydrogen) atoms. The van der Waals surface area contributed by atoms with Crippen LogP contribution >= 0.6 is 23.2 Å². The summed E-state index contributed by atoms with van der Waals surface area (Å²) in [7, 11) is -3.94. The summed E-state index contributed by atoms with van der Waals surface area (Å²) in [5, 5.41) is 0.349. The Hall–Kier alpha value is -1.63. The van der Waals surface area contributed by atoms with Crippen molar-refractivity contribution in [1.29, 1.82) is 0 Å². The van der Waals surface area contributed by atoms with Gasteiger partial charge in [0.1, 0.15) is 5.82 Å². The molecular weight excluding hydrogens is 364 g/mol. The van der Waals surface area contributed by atoms with Crippen molar-refractivity contribution in [3.63, 3.8) is 0 Å². The molecule has 1 aliphatic heterocycles. The average molecular weight is 374 g/mol. The number of Topliss-reactive ketones (excluding diaryl/α,β-unsaturated/α-hetero) is 1. The van der Waals surface area contributed by atoms with Crippen LogP contribution in [0.5, 0.6) is 0 Å². The van der Waals surface area contributed by atoms with Gasteiger partial charge in [0.25, 0.3) is 10.0 Å². The minimum atomic E-state index is -3.94. The minimum absolute atomic E-state index is 0.0138. The van der Waals surface area contributed by atoms with E-state index in [2.05, 4.69) is 0 Å². The van der Waals surface area contributed by atoms with Gasteiger partial charge >= 0.3 is 0 Å². The van der Waals surface area contributed by atoms with E-state index in [0.717, 1.165) is 16.4 Å². The van der Waals surface area contributed by atoms with Crippen LogP contribution < -0.4 is 4.31 Å². The number of benzene rings is 2. The van der Waals surface area contributed by atoms with Crippen LogP contribution in [0.15, 0.2) is 41.3 Å². The zero-order chi connectivity index (χ0) is 16.8. The minimum Gasteiger partial charge on any atom is -0.294 e. The second-order valence-electron chi connectivity index (χ2n) is 4.99. The van der Waals surface area contributed by atoms with Crippen molar-refractivity contribution in [2.24, 2.45) is 0 Å². The molecule has 0 saturated heterocycles. The summed E-state index contributed by atoms with van der Waals surface area (Å²) >= 11 is 11.7. The summed E-state index contributed by atoms with van der Waals surface area (Å²) in [4.78, 5) is 11.9. The van der Waals surface area contributed by atoms with Gasteiger partial charge in [0.15, 0.2) is 5.78 Å². The highest BCUT2D eigenvalue weighted by molar-refractivity contribution is 7.92. The van der Waals surface area contributed by atoms with E-state index < -0.39 is 15.8 Å². The first-order valence-electron chi connectivity index (χ1n) is 6.61. The first-order chi connectivity index (χ1) is 10.8. The molecular formula is C15H10Cl2FNO3S. The highest BCUT2D eigenvalue weighted by Gasteiger charge is 2.32. The van der Waals surface area contributed by atoms with Gasteiger partial charge < -0.3 is 0 Å². The molecule has 0 N–H and O–H groups in total. The number of sulfonamides is 1. The number of nitrogens with zero attached hydrogens (tertiary/aromatic N) is 1. The number of hydrogen-bond donors (Lipinski definition) is 0. The van der Waals surface area contributed by atoms with E-state index in [1.165, 1.54) is 24.3 Å². The largest absolute Gasteiger partial charge is 0.294 e. The Morgan fingerprint density at radius 3 is 2.48 bits per heavy atom. The van der Waals surface area contributed by atoms with E-state index in [9.17, 15) is 17.6 Å². The van der Waals surface area contributed by atoms with Crippen molar-refractivity contribution in [1.82, 2.24) is 0 Å². The monoisotopic (exact) mass is 373 g/mol. The summed E-state index contributed by atoms with van der Waals surface area (Å²) in [6.07, 6.45) is -0.0169. The van der Waals surface area contributed by atoms with Gasteiger partial charge in [0.2, 0.25) is 0 Å². The van der Waals surface area contributed by atoms with Gasteiger partial charge in [0, 0.05) is 18.5 Å². The summed E-state index contributed by atoms with van der Waals surface area (Å²) < 4.78 is 40.1. The zero-order valence-corrected chi connectivity index (χ0v) is 13.9. The number of anilines is 1. The molecule has 1 aliphatic rings. The Bertz CT molecular complexity index is 915. The van der Waals surface area contributed by atoms with Gasteiger partial charge in [-0.2, -0.15) is 0 Å². The Labute approximate surface area is 142 Å². The Kier molecular flexibility index (Phi) is 4.08. The predicted molar refractivity (Wildman–Crippen MR) is 86.3 cm³/mol. The lowest BCUT2D eigenvalue weighted by Gasteiger charge is -2.29. The highest BCUT2D eigenvalue weighted by Crippen LogP contribution is 2.34. The number of halogens is 3. The highest BCUT2D eigenvalue weighted by atomic mass is 35.5. The molecule has 3 rings (SSSR count). The van der Waals surface area contributed by atoms with Crippen LogP contribution in [0.3, 0.4) is 0 Å². The van der Waals surface area contributed by atoms with Crippen molar-refractivity contribution >= 4 is 44.7 Å². The zero-order valence-electron chi connectivity index (χ0n) is 11.6. The first kappa shape index (κ1) is 16.2. The molecule has 0 unspecified atom stereocenters. The molecule has 0 radical (unpaired) electrons. The fraction of sp³-hybridized carbons (Fsp3) is 0.133. The van der Waals surface area contributed by atoms with Crippen LogP contribution in [0.1, 0.15) is 16.8 Å². The number of carbonyl (C=O) groups is 1. The SMILES string of the molecule is O=C1CCN(S(=O)(=O)c2ccc(Cl)c(Cl)c2)c2ccc(F)cc21. The van der Waals surface area contributed by atoms with Crippen molar-refractivity contribution < 1.29 is 17.6 Å². The van der Waals surface area contributed by atoms with Gasteiger partial charge in [-0.1, -0.05) is 23.2 Å². The van der Waals surface area contributed by atoms with E-state index in [1.807, 2.05) is 0 Å². The second-order valence-corrected chi connectivity index (χ2v) is 7.66. The number of fused-ring (bicyclic) bond motifs is 1. The van der Waals surface area contributed by atoms with E-state index in [0.29, 0.717) is 0 Å². The fourth-order valence-corrected chi connectivity index (χ4v) is 4.30. The third-order valence-electron chi connectivity index (χ3n) is 3.55. The van der Waals surface area contributed by atoms with Gasteiger partial charge in [0.05, 0.1) is 20.6 Å². The third-order valence-corrected chi connectivity index (χ3v) is 6.10. The van der Waals surface area contributed by atoms with Crippen LogP contribution in [0.2, 0.25) is 10.0 Å². The van der Waals surface area contributed by atoms with Crippen LogP contribution in [0, 0.1) is 5.82 Å². The molecule has 2 aromatic rings. The maximum Gasteiger partial charge on any atom is 0.264 e. The molecule has 120 valence electrons. The fourth-order valence-electron chi connectivity index (χ4n) is 2.42. The third kappa shape index (κ3) is 2.82. The average Bonchev–Trinajstić information content (AvgIpc) is 2.50. The van der Waals surface area contributed by atoms with Crippen molar-refractivity contribution in [2.75, 3.05) is 10.8 Å². The maximum absolute atomic E-state index is 13.4. The smallest absolute Gasteiger partial charge is 0.264 e. The van der Waals surface area contributed by atoms with Crippen LogP contribution in [-0.4, -0.2) is 20.7 Å². The first-order valence-corrected chi connectivity index (χ1v) is 8.81. The quantitative estimate of drug-likeness (QED) is 0.801. The van der Waals surface area contributed by atoms with E-state index in [-0.39, 0.29) is 44.9 Å². The number of hydrogen-bond acceptors (Lipinski definition) is 3. The number of carbonyl (C=O) groups excluding carboxylic acids is 1. The van der Waals surface area contributed by atoms with Crippen LogP contribution in [-0.2, 0) is 10.0 Å². The van der Waals surface area contributed by atoms with Crippen LogP contribution in [0.4, 0.5) is 10.1 Å². The maximum atomic E-state index is 13.4.